The van der Waals surface area contributed by atoms with E-state index < -0.39 is 11.9 Å². The third-order valence-corrected chi connectivity index (χ3v) is 5.62. The topological polar surface area (TPSA) is 71.7 Å². The Kier molecular flexibility index (Phi) is 3.62. The minimum atomic E-state index is -0.477. The van der Waals surface area contributed by atoms with E-state index in [9.17, 15) is 14.3 Å². The van der Waals surface area contributed by atoms with E-state index >= 15 is 0 Å². The van der Waals surface area contributed by atoms with Crippen molar-refractivity contribution >= 4 is 16.9 Å². The third-order valence-electron chi connectivity index (χ3n) is 5.62. The van der Waals surface area contributed by atoms with Gasteiger partial charge in [-0.05, 0) is 43.9 Å². The van der Waals surface area contributed by atoms with Gasteiger partial charge >= 0.3 is 0 Å². The minimum Gasteiger partial charge on any atom is -0.448 e. The van der Waals surface area contributed by atoms with Crippen molar-refractivity contribution in [2.24, 2.45) is 5.41 Å². The van der Waals surface area contributed by atoms with Crippen LogP contribution in [0.5, 0.6) is 0 Å². The van der Waals surface area contributed by atoms with Crippen LogP contribution in [0.1, 0.15) is 35.4 Å². The van der Waals surface area contributed by atoms with Gasteiger partial charge < -0.3 is 19.6 Å². The van der Waals surface area contributed by atoms with E-state index in [1.807, 2.05) is 6.92 Å². The van der Waals surface area contributed by atoms with Gasteiger partial charge in [-0.3, -0.25) is 4.79 Å². The molecule has 0 bridgehead atoms. The molecular formula is C18H20FNO4. The Morgan fingerprint density at radius 1 is 1.38 bits per heavy atom. The van der Waals surface area contributed by atoms with Gasteiger partial charge in [-0.15, -0.1) is 0 Å². The number of aliphatic hydroxyl groups is 1. The third kappa shape index (κ3) is 2.24. The molecule has 1 aromatic heterocycles. The van der Waals surface area contributed by atoms with Gasteiger partial charge in [0.2, 0.25) is 0 Å². The summed E-state index contributed by atoms with van der Waals surface area (Å²) in [4.78, 5) is 12.5. The predicted octanol–water partition coefficient (Wildman–Crippen LogP) is 2.54. The van der Waals surface area contributed by atoms with E-state index in [-0.39, 0.29) is 28.7 Å². The molecular weight excluding hydrogens is 313 g/mol. The number of ether oxygens (including phenoxy) is 1. The second kappa shape index (κ2) is 5.57. The first-order valence-corrected chi connectivity index (χ1v) is 8.26. The first kappa shape index (κ1) is 15.6. The fourth-order valence-corrected chi connectivity index (χ4v) is 3.97. The zero-order valence-electron chi connectivity index (χ0n) is 13.5. The van der Waals surface area contributed by atoms with Crippen LogP contribution in [0.4, 0.5) is 4.39 Å². The van der Waals surface area contributed by atoms with Crippen LogP contribution in [0, 0.1) is 18.2 Å². The molecule has 24 heavy (non-hydrogen) atoms. The maximum Gasteiger partial charge on any atom is 0.287 e. The molecule has 0 radical (unpaired) electrons. The average Bonchev–Trinajstić information content (AvgIpc) is 3.05. The summed E-state index contributed by atoms with van der Waals surface area (Å²) in [6.07, 6.45) is 1.57. The number of rotatable bonds is 2. The summed E-state index contributed by atoms with van der Waals surface area (Å²) >= 11 is 0. The molecule has 2 N–H and O–H groups in total. The highest BCUT2D eigenvalue weighted by Gasteiger charge is 2.55. The van der Waals surface area contributed by atoms with Gasteiger partial charge in [0.15, 0.2) is 17.2 Å². The largest absolute Gasteiger partial charge is 0.448 e. The number of aryl methyl sites for hydroxylation is 1. The number of aliphatic hydroxyl groups excluding tert-OH is 1. The summed E-state index contributed by atoms with van der Waals surface area (Å²) in [6, 6.07) is 4.47. The number of hydrogen-bond acceptors (Lipinski definition) is 4. The smallest absolute Gasteiger partial charge is 0.287 e. The Morgan fingerprint density at radius 3 is 2.79 bits per heavy atom. The lowest BCUT2D eigenvalue weighted by molar-refractivity contribution is -0.145. The molecule has 1 aliphatic carbocycles. The van der Waals surface area contributed by atoms with Crippen molar-refractivity contribution in [3.63, 3.8) is 0 Å². The monoisotopic (exact) mass is 333 g/mol. The highest BCUT2D eigenvalue weighted by Crippen LogP contribution is 2.49. The Hall–Kier alpha value is -1.92. The van der Waals surface area contributed by atoms with Gasteiger partial charge in [0.1, 0.15) is 0 Å². The Balaban J connectivity index is 1.57. The summed E-state index contributed by atoms with van der Waals surface area (Å²) in [7, 11) is 0. The number of halogens is 1. The highest BCUT2D eigenvalue weighted by molar-refractivity contribution is 5.97. The fraction of sp³-hybridized carbons (Fsp3) is 0.500. The van der Waals surface area contributed by atoms with Crippen LogP contribution in [0.3, 0.4) is 0 Å². The molecule has 0 unspecified atom stereocenters. The van der Waals surface area contributed by atoms with E-state index in [1.165, 1.54) is 6.07 Å². The van der Waals surface area contributed by atoms with Crippen LogP contribution in [0.15, 0.2) is 22.6 Å². The number of furan rings is 1. The van der Waals surface area contributed by atoms with Crippen LogP contribution in [0.2, 0.25) is 0 Å². The maximum atomic E-state index is 13.8. The predicted molar refractivity (Wildman–Crippen MR) is 85.3 cm³/mol. The van der Waals surface area contributed by atoms with Crippen LogP contribution < -0.4 is 5.32 Å². The van der Waals surface area contributed by atoms with Crippen LogP contribution in [-0.2, 0) is 4.74 Å². The maximum absolute atomic E-state index is 13.8. The standard InChI is InChI=1S/C18H20FNO4/c1-10-2-3-12(19)16-11(10)8-13(24-16)17(22)20-14-9-15(21)18(14)4-6-23-7-5-18/h2-3,8,14-15,21H,4-7,9H2,1H3,(H,20,22)/t14-,15-/m1/s1. The molecule has 1 saturated carbocycles. The summed E-state index contributed by atoms with van der Waals surface area (Å²) in [5.41, 5.74) is 0.657. The van der Waals surface area contributed by atoms with Crippen LogP contribution in [-0.4, -0.2) is 36.4 Å². The Morgan fingerprint density at radius 2 is 2.12 bits per heavy atom. The van der Waals surface area contributed by atoms with Crippen LogP contribution >= 0.6 is 0 Å². The zero-order valence-corrected chi connectivity index (χ0v) is 13.5. The van der Waals surface area contributed by atoms with Crippen molar-refractivity contribution in [3.8, 4) is 0 Å². The van der Waals surface area contributed by atoms with Gasteiger partial charge in [0, 0.05) is 30.1 Å². The Bertz CT molecular complexity index is 755. The second-order valence-electron chi connectivity index (χ2n) is 6.84. The lowest BCUT2D eigenvalue weighted by Gasteiger charge is -2.55. The molecule has 2 aromatic rings. The fourth-order valence-electron chi connectivity index (χ4n) is 3.97. The molecule has 128 valence electrons. The lowest BCUT2D eigenvalue weighted by atomic mass is 9.58. The number of hydrogen-bond donors (Lipinski definition) is 2. The molecule has 1 aliphatic heterocycles. The molecule has 6 heteroatoms. The molecule has 1 saturated heterocycles. The quantitative estimate of drug-likeness (QED) is 0.886. The molecule has 2 heterocycles. The molecule has 1 amide bonds. The zero-order chi connectivity index (χ0) is 16.9. The van der Waals surface area contributed by atoms with Gasteiger partial charge in [0.05, 0.1) is 6.10 Å². The van der Waals surface area contributed by atoms with Gasteiger partial charge in [-0.25, -0.2) is 4.39 Å². The SMILES string of the molecule is Cc1ccc(F)c2oc(C(=O)N[C@@H]3C[C@@H](O)C34CCOCC4)cc12. The second-order valence-corrected chi connectivity index (χ2v) is 6.84. The molecule has 5 nitrogen and oxygen atoms in total. The normalized spacial score (nSPS) is 25.6. The summed E-state index contributed by atoms with van der Waals surface area (Å²) < 4.78 is 24.7. The molecule has 4 rings (SSSR count). The van der Waals surface area contributed by atoms with Crippen molar-refractivity contribution in [2.45, 2.75) is 38.3 Å². The number of carbonyl (C=O) groups is 1. The first-order chi connectivity index (χ1) is 11.5. The van der Waals surface area contributed by atoms with Gasteiger partial charge in [0.25, 0.3) is 5.91 Å². The molecule has 2 fully saturated rings. The van der Waals surface area contributed by atoms with Crippen molar-refractivity contribution < 1.29 is 23.4 Å². The van der Waals surface area contributed by atoms with E-state index in [2.05, 4.69) is 5.32 Å². The molecule has 1 aromatic carbocycles. The molecule has 2 aliphatic rings. The lowest BCUT2D eigenvalue weighted by Crippen LogP contribution is -2.65. The average molecular weight is 333 g/mol. The Labute approximate surface area is 138 Å². The van der Waals surface area contributed by atoms with Crippen LogP contribution in [0.25, 0.3) is 11.0 Å². The number of carbonyl (C=O) groups excluding carboxylic acids is 1. The van der Waals surface area contributed by atoms with E-state index in [0.29, 0.717) is 25.0 Å². The van der Waals surface area contributed by atoms with E-state index in [1.54, 1.807) is 12.1 Å². The van der Waals surface area contributed by atoms with E-state index in [0.717, 1.165) is 18.4 Å². The molecule has 2 atom stereocenters. The summed E-state index contributed by atoms with van der Waals surface area (Å²) in [6.45, 7) is 3.04. The number of fused-ring (bicyclic) bond motifs is 1. The number of benzene rings is 1. The van der Waals surface area contributed by atoms with Crippen molar-refractivity contribution in [1.29, 1.82) is 0 Å². The number of amides is 1. The van der Waals surface area contributed by atoms with Crippen molar-refractivity contribution in [3.05, 3.63) is 35.3 Å². The summed E-state index contributed by atoms with van der Waals surface area (Å²) in [5, 5.41) is 13.7. The van der Waals surface area contributed by atoms with Crippen molar-refractivity contribution in [1.82, 2.24) is 5.32 Å². The summed E-state index contributed by atoms with van der Waals surface area (Å²) in [5.74, 6) is -0.746. The first-order valence-electron chi connectivity index (χ1n) is 8.26. The number of nitrogens with one attached hydrogen (secondary N) is 1. The minimum absolute atomic E-state index is 0.0989. The molecule has 1 spiro atoms. The van der Waals surface area contributed by atoms with Gasteiger partial charge in [-0.2, -0.15) is 0 Å². The van der Waals surface area contributed by atoms with E-state index in [4.69, 9.17) is 9.15 Å². The van der Waals surface area contributed by atoms with Gasteiger partial charge in [-0.1, -0.05) is 6.07 Å². The highest BCUT2D eigenvalue weighted by atomic mass is 19.1. The van der Waals surface area contributed by atoms with Crippen molar-refractivity contribution in [2.75, 3.05) is 13.2 Å².